The summed E-state index contributed by atoms with van der Waals surface area (Å²) in [6, 6.07) is 12.4. The fraction of sp³-hybridized carbons (Fsp3) is 0.0667. The predicted molar refractivity (Wildman–Crippen MR) is 92.3 cm³/mol. The number of halogens is 1. The number of ketones is 1. The summed E-state index contributed by atoms with van der Waals surface area (Å²) >= 11 is 7.04. The quantitative estimate of drug-likeness (QED) is 0.282. The van der Waals surface area contributed by atoms with Gasteiger partial charge in [0.15, 0.2) is 5.78 Å². The first-order chi connectivity index (χ1) is 12.0. The summed E-state index contributed by atoms with van der Waals surface area (Å²) < 4.78 is 1.50. The number of nitrogens with zero attached hydrogens (tertiary/aromatic N) is 5. The molecular weight excluding hydrogens is 366 g/mol. The molecule has 0 aliphatic rings. The Balaban J connectivity index is 1.70. The normalized spacial score (nSPS) is 10.6. The Morgan fingerprint density at radius 3 is 2.48 bits per heavy atom. The molecule has 0 saturated carbocycles. The fourth-order valence-electron chi connectivity index (χ4n) is 2.00. The number of hydrogen-bond donors (Lipinski definition) is 0. The van der Waals surface area contributed by atoms with Crippen LogP contribution in [0.3, 0.4) is 0 Å². The number of rotatable bonds is 6. The molecule has 0 unspecified atom stereocenters. The third kappa shape index (κ3) is 4.01. The maximum Gasteiger partial charge on any atom is 0.269 e. The molecule has 0 bridgehead atoms. The predicted octanol–water partition coefficient (Wildman–Crippen LogP) is 3.20. The van der Waals surface area contributed by atoms with Gasteiger partial charge in [-0.2, -0.15) is 4.68 Å². The molecule has 10 heteroatoms. The summed E-state index contributed by atoms with van der Waals surface area (Å²) in [7, 11) is 0. The third-order valence-electron chi connectivity index (χ3n) is 3.24. The van der Waals surface area contributed by atoms with Gasteiger partial charge < -0.3 is 0 Å². The lowest BCUT2D eigenvalue weighted by molar-refractivity contribution is -0.384. The second-order valence-electron chi connectivity index (χ2n) is 4.87. The van der Waals surface area contributed by atoms with Crippen molar-refractivity contribution in [3.05, 3.63) is 69.2 Å². The second kappa shape index (κ2) is 7.41. The van der Waals surface area contributed by atoms with Gasteiger partial charge in [-0.25, -0.2) is 0 Å². The summed E-state index contributed by atoms with van der Waals surface area (Å²) in [5.74, 6) is -0.0725. The highest BCUT2D eigenvalue weighted by molar-refractivity contribution is 7.99. The van der Waals surface area contributed by atoms with Gasteiger partial charge in [-0.15, -0.1) is 5.10 Å². The Morgan fingerprint density at radius 2 is 1.84 bits per heavy atom. The van der Waals surface area contributed by atoms with Crippen LogP contribution in [0.2, 0.25) is 5.02 Å². The zero-order valence-corrected chi connectivity index (χ0v) is 14.1. The van der Waals surface area contributed by atoms with E-state index in [1.165, 1.54) is 40.7 Å². The summed E-state index contributed by atoms with van der Waals surface area (Å²) in [6.07, 6.45) is 0. The molecule has 1 aromatic heterocycles. The largest absolute Gasteiger partial charge is 0.293 e. The number of tetrazole rings is 1. The second-order valence-corrected chi connectivity index (χ2v) is 6.24. The van der Waals surface area contributed by atoms with E-state index in [0.29, 0.717) is 15.7 Å². The van der Waals surface area contributed by atoms with Crippen molar-refractivity contribution in [3.63, 3.8) is 0 Å². The van der Waals surface area contributed by atoms with Crippen LogP contribution in [0.5, 0.6) is 0 Å². The number of carbonyl (C=O) groups is 1. The van der Waals surface area contributed by atoms with Gasteiger partial charge in [-0.05, 0) is 46.8 Å². The van der Waals surface area contributed by atoms with E-state index in [4.69, 9.17) is 11.6 Å². The van der Waals surface area contributed by atoms with Crippen LogP contribution in [0.1, 0.15) is 10.4 Å². The first-order valence-electron chi connectivity index (χ1n) is 6.99. The average molecular weight is 376 g/mol. The summed E-state index contributed by atoms with van der Waals surface area (Å²) in [6.45, 7) is 0. The van der Waals surface area contributed by atoms with E-state index in [1.807, 2.05) is 0 Å². The topological polar surface area (TPSA) is 104 Å². The van der Waals surface area contributed by atoms with Crippen LogP contribution < -0.4 is 0 Å². The summed E-state index contributed by atoms with van der Waals surface area (Å²) in [5.41, 5.74) is 1.05. The van der Waals surface area contributed by atoms with E-state index in [-0.39, 0.29) is 17.2 Å². The molecule has 3 aromatic rings. The molecule has 3 rings (SSSR count). The van der Waals surface area contributed by atoms with Gasteiger partial charge >= 0.3 is 0 Å². The smallest absolute Gasteiger partial charge is 0.269 e. The van der Waals surface area contributed by atoms with Crippen molar-refractivity contribution in [2.45, 2.75) is 5.16 Å². The van der Waals surface area contributed by atoms with E-state index in [1.54, 1.807) is 24.3 Å². The van der Waals surface area contributed by atoms with Gasteiger partial charge in [0, 0.05) is 22.7 Å². The molecule has 2 aromatic carbocycles. The Labute approximate surface area is 150 Å². The van der Waals surface area contributed by atoms with Gasteiger partial charge in [-0.3, -0.25) is 14.9 Å². The standard InChI is InChI=1S/C15H10ClN5O3S/c16-11-3-7-12(8-4-11)20-15(17-18-19-20)25-9-14(22)10-1-5-13(6-2-10)21(23)24/h1-8H,9H2. The van der Waals surface area contributed by atoms with Crippen molar-refractivity contribution in [2.75, 3.05) is 5.75 Å². The molecule has 0 radical (unpaired) electrons. The van der Waals surface area contributed by atoms with Crippen LogP contribution in [0.15, 0.2) is 53.7 Å². The van der Waals surface area contributed by atoms with Crippen molar-refractivity contribution in [3.8, 4) is 5.69 Å². The van der Waals surface area contributed by atoms with Crippen LogP contribution in [-0.4, -0.2) is 36.7 Å². The Kier molecular flexibility index (Phi) is 5.05. The lowest BCUT2D eigenvalue weighted by Gasteiger charge is -2.04. The molecule has 0 atom stereocenters. The number of thioether (sulfide) groups is 1. The monoisotopic (exact) mass is 375 g/mol. The Hall–Kier alpha value is -2.78. The zero-order chi connectivity index (χ0) is 17.8. The highest BCUT2D eigenvalue weighted by Gasteiger charge is 2.14. The van der Waals surface area contributed by atoms with E-state index in [9.17, 15) is 14.9 Å². The van der Waals surface area contributed by atoms with Crippen LogP contribution in [0, 0.1) is 10.1 Å². The maximum absolute atomic E-state index is 12.2. The number of Topliss-reactive ketones (excluding diaryl/α,β-unsaturated/α-hetero) is 1. The molecular formula is C15H10ClN5O3S. The fourth-order valence-corrected chi connectivity index (χ4v) is 2.91. The number of aromatic nitrogens is 4. The molecule has 0 spiro atoms. The van der Waals surface area contributed by atoms with Gasteiger partial charge in [0.05, 0.1) is 16.4 Å². The SMILES string of the molecule is O=C(CSc1nnnn1-c1ccc(Cl)cc1)c1ccc([N+](=O)[O-])cc1. The van der Waals surface area contributed by atoms with E-state index < -0.39 is 4.92 Å². The van der Waals surface area contributed by atoms with Crippen molar-refractivity contribution >= 4 is 34.8 Å². The van der Waals surface area contributed by atoms with Gasteiger partial charge in [0.25, 0.3) is 5.69 Å². The number of carbonyl (C=O) groups excluding carboxylic acids is 1. The maximum atomic E-state index is 12.2. The van der Waals surface area contributed by atoms with Crippen molar-refractivity contribution < 1.29 is 9.72 Å². The first-order valence-corrected chi connectivity index (χ1v) is 8.36. The molecule has 25 heavy (non-hydrogen) atoms. The van der Waals surface area contributed by atoms with Crippen molar-refractivity contribution in [1.82, 2.24) is 20.2 Å². The molecule has 0 saturated heterocycles. The molecule has 0 aliphatic carbocycles. The van der Waals surface area contributed by atoms with Gasteiger partial charge in [0.2, 0.25) is 5.16 Å². The van der Waals surface area contributed by atoms with Crippen molar-refractivity contribution in [2.24, 2.45) is 0 Å². The molecule has 0 amide bonds. The van der Waals surface area contributed by atoms with Gasteiger partial charge in [-0.1, -0.05) is 23.4 Å². The van der Waals surface area contributed by atoms with E-state index in [2.05, 4.69) is 15.5 Å². The first kappa shape index (κ1) is 17.1. The van der Waals surface area contributed by atoms with Crippen LogP contribution >= 0.6 is 23.4 Å². The van der Waals surface area contributed by atoms with Crippen LogP contribution in [-0.2, 0) is 0 Å². The number of nitro groups is 1. The minimum Gasteiger partial charge on any atom is -0.293 e. The Morgan fingerprint density at radius 1 is 1.16 bits per heavy atom. The molecule has 0 N–H and O–H groups in total. The number of hydrogen-bond acceptors (Lipinski definition) is 7. The lowest BCUT2D eigenvalue weighted by Crippen LogP contribution is -2.05. The Bertz CT molecular complexity index is 912. The number of non-ortho nitro benzene ring substituents is 1. The highest BCUT2D eigenvalue weighted by Crippen LogP contribution is 2.21. The minimum atomic E-state index is -0.511. The molecule has 0 fully saturated rings. The lowest BCUT2D eigenvalue weighted by atomic mass is 10.1. The third-order valence-corrected chi connectivity index (χ3v) is 4.42. The van der Waals surface area contributed by atoms with Crippen LogP contribution in [0.25, 0.3) is 5.69 Å². The molecule has 8 nitrogen and oxygen atoms in total. The molecule has 126 valence electrons. The van der Waals surface area contributed by atoms with Gasteiger partial charge in [0.1, 0.15) is 0 Å². The summed E-state index contributed by atoms with van der Waals surface area (Å²) in [5, 5.41) is 23.1. The zero-order valence-electron chi connectivity index (χ0n) is 12.6. The van der Waals surface area contributed by atoms with Crippen molar-refractivity contribution in [1.29, 1.82) is 0 Å². The van der Waals surface area contributed by atoms with Crippen LogP contribution in [0.4, 0.5) is 5.69 Å². The van der Waals surface area contributed by atoms with E-state index >= 15 is 0 Å². The molecule has 0 aliphatic heterocycles. The average Bonchev–Trinajstić information content (AvgIpc) is 3.09. The highest BCUT2D eigenvalue weighted by atomic mass is 35.5. The molecule has 1 heterocycles. The number of benzene rings is 2. The summed E-state index contributed by atoms with van der Waals surface area (Å²) in [4.78, 5) is 22.4. The number of nitro benzene ring substituents is 1. The minimum absolute atomic E-state index is 0.0594. The van der Waals surface area contributed by atoms with E-state index in [0.717, 1.165) is 5.69 Å².